The van der Waals surface area contributed by atoms with Crippen molar-refractivity contribution < 1.29 is 42.2 Å². The Morgan fingerprint density at radius 2 is 1.33 bits per heavy atom. The zero-order chi connectivity index (χ0) is 15.4. The first-order chi connectivity index (χ1) is 9.49. The van der Waals surface area contributed by atoms with E-state index in [4.69, 9.17) is 4.18 Å². The molecule has 0 aromatic rings. The summed E-state index contributed by atoms with van der Waals surface area (Å²) in [6, 6.07) is 0. The molecule has 0 spiro atoms. The van der Waals surface area contributed by atoms with E-state index in [-0.39, 0.29) is 41.2 Å². The van der Waals surface area contributed by atoms with Gasteiger partial charge in [0.2, 0.25) is 0 Å². The largest absolute Gasteiger partial charge is 1.00 e. The fraction of sp³-hybridized carbons (Fsp3) is 1.00. The summed E-state index contributed by atoms with van der Waals surface area (Å²) in [6.07, 6.45) is 8.47. The SMILES string of the molecule is CCCCC(CC)COS(=O)(=O)CC(CC)CCCC.[Na+]. The molecule has 0 amide bonds. The molecule has 3 nitrogen and oxygen atoms in total. The van der Waals surface area contributed by atoms with Gasteiger partial charge < -0.3 is 0 Å². The van der Waals surface area contributed by atoms with Gasteiger partial charge in [-0.15, -0.1) is 0 Å². The van der Waals surface area contributed by atoms with Gasteiger partial charge in [0.25, 0.3) is 10.1 Å². The number of hydrogen-bond donors (Lipinski definition) is 0. The van der Waals surface area contributed by atoms with Gasteiger partial charge in [-0.1, -0.05) is 66.2 Å². The first-order valence-electron chi connectivity index (χ1n) is 8.36. The summed E-state index contributed by atoms with van der Waals surface area (Å²) in [6.45, 7) is 8.82. The van der Waals surface area contributed by atoms with Crippen LogP contribution < -0.4 is 29.6 Å². The molecule has 0 aliphatic rings. The normalized spacial score (nSPS) is 14.5. The smallest absolute Gasteiger partial charge is 0.270 e. The minimum Gasteiger partial charge on any atom is -0.270 e. The average Bonchev–Trinajstić information content (AvgIpc) is 2.43. The van der Waals surface area contributed by atoms with E-state index in [2.05, 4.69) is 27.7 Å². The van der Waals surface area contributed by atoms with Gasteiger partial charge in [-0.2, -0.15) is 8.42 Å². The maximum atomic E-state index is 12.0. The predicted octanol–water partition coefficient (Wildman–Crippen LogP) is 1.77. The van der Waals surface area contributed by atoms with Crippen LogP contribution in [-0.2, 0) is 14.3 Å². The second-order valence-electron chi connectivity index (χ2n) is 5.84. The molecular formula is C16H34NaO3S+. The fourth-order valence-corrected chi connectivity index (χ4v) is 3.81. The van der Waals surface area contributed by atoms with Crippen LogP contribution in [-0.4, -0.2) is 20.8 Å². The Labute approximate surface area is 155 Å². The number of hydrogen-bond acceptors (Lipinski definition) is 3. The monoisotopic (exact) mass is 329 g/mol. The van der Waals surface area contributed by atoms with Gasteiger partial charge in [0, 0.05) is 0 Å². The molecule has 0 aliphatic carbocycles. The van der Waals surface area contributed by atoms with E-state index in [0.29, 0.717) is 12.5 Å². The van der Waals surface area contributed by atoms with E-state index in [9.17, 15) is 8.42 Å². The Morgan fingerprint density at radius 1 is 0.857 bits per heavy atom. The van der Waals surface area contributed by atoms with E-state index in [1.807, 2.05) is 0 Å². The summed E-state index contributed by atoms with van der Waals surface area (Å²) < 4.78 is 29.3. The van der Waals surface area contributed by atoms with E-state index < -0.39 is 10.1 Å². The Kier molecular flexibility index (Phi) is 16.7. The molecule has 2 atom stereocenters. The third-order valence-corrected chi connectivity index (χ3v) is 5.38. The minimum absolute atomic E-state index is 0. The van der Waals surface area contributed by atoms with E-state index >= 15 is 0 Å². The molecule has 5 heteroatoms. The zero-order valence-electron chi connectivity index (χ0n) is 14.9. The molecule has 0 radical (unpaired) electrons. The minimum atomic E-state index is -3.35. The first-order valence-corrected chi connectivity index (χ1v) is 9.93. The van der Waals surface area contributed by atoms with Crippen LogP contribution in [0.2, 0.25) is 0 Å². The van der Waals surface area contributed by atoms with Crippen molar-refractivity contribution in [2.45, 2.75) is 79.1 Å². The maximum absolute atomic E-state index is 12.0. The topological polar surface area (TPSA) is 43.4 Å². The van der Waals surface area contributed by atoms with Crippen LogP contribution in [0, 0.1) is 11.8 Å². The average molecular weight is 330 g/mol. The van der Waals surface area contributed by atoms with Crippen LogP contribution in [0.3, 0.4) is 0 Å². The molecule has 0 fully saturated rings. The maximum Gasteiger partial charge on any atom is 1.00 e. The number of rotatable bonds is 13. The van der Waals surface area contributed by atoms with Crippen molar-refractivity contribution in [2.24, 2.45) is 11.8 Å². The van der Waals surface area contributed by atoms with Crippen molar-refractivity contribution in [3.05, 3.63) is 0 Å². The molecule has 0 bridgehead atoms. The fourth-order valence-electron chi connectivity index (χ4n) is 2.33. The van der Waals surface area contributed by atoms with Crippen molar-refractivity contribution >= 4 is 10.1 Å². The Hall–Kier alpha value is 0.910. The van der Waals surface area contributed by atoms with Crippen molar-refractivity contribution in [1.29, 1.82) is 0 Å². The predicted molar refractivity (Wildman–Crippen MR) is 86.4 cm³/mol. The van der Waals surface area contributed by atoms with Gasteiger partial charge in [-0.25, -0.2) is 0 Å². The zero-order valence-corrected chi connectivity index (χ0v) is 17.7. The Balaban J connectivity index is 0. The summed E-state index contributed by atoms with van der Waals surface area (Å²) in [4.78, 5) is 0. The van der Waals surface area contributed by atoms with Crippen molar-refractivity contribution in [2.75, 3.05) is 12.4 Å². The van der Waals surface area contributed by atoms with Gasteiger partial charge in [0.05, 0.1) is 12.4 Å². The van der Waals surface area contributed by atoms with Crippen LogP contribution in [0.25, 0.3) is 0 Å². The molecular weight excluding hydrogens is 295 g/mol. The Morgan fingerprint density at radius 3 is 1.76 bits per heavy atom. The van der Waals surface area contributed by atoms with Crippen LogP contribution in [0.4, 0.5) is 0 Å². The van der Waals surface area contributed by atoms with E-state index in [1.165, 1.54) is 0 Å². The van der Waals surface area contributed by atoms with Crippen LogP contribution in [0.15, 0.2) is 0 Å². The summed E-state index contributed by atoms with van der Waals surface area (Å²) in [7, 11) is -3.35. The molecule has 0 saturated carbocycles. The molecule has 0 aromatic carbocycles. The van der Waals surface area contributed by atoms with E-state index in [0.717, 1.165) is 51.4 Å². The number of unbranched alkanes of at least 4 members (excludes halogenated alkanes) is 2. The molecule has 2 unspecified atom stereocenters. The van der Waals surface area contributed by atoms with Crippen LogP contribution in [0.5, 0.6) is 0 Å². The van der Waals surface area contributed by atoms with Gasteiger partial charge in [-0.3, -0.25) is 4.18 Å². The summed E-state index contributed by atoms with van der Waals surface area (Å²) in [5, 5.41) is 0. The molecule has 0 saturated heterocycles. The molecule has 122 valence electrons. The first kappa shape index (κ1) is 24.2. The molecule has 0 N–H and O–H groups in total. The molecule has 0 aliphatic heterocycles. The molecule has 0 aromatic heterocycles. The summed E-state index contributed by atoms with van der Waals surface area (Å²) >= 11 is 0. The summed E-state index contributed by atoms with van der Waals surface area (Å²) in [5.74, 6) is 0.810. The van der Waals surface area contributed by atoms with Gasteiger partial charge in [0.1, 0.15) is 0 Å². The third kappa shape index (κ3) is 13.1. The van der Waals surface area contributed by atoms with Crippen LogP contribution >= 0.6 is 0 Å². The van der Waals surface area contributed by atoms with Gasteiger partial charge >= 0.3 is 29.6 Å². The second-order valence-corrected chi connectivity index (χ2v) is 7.53. The van der Waals surface area contributed by atoms with Crippen molar-refractivity contribution in [1.82, 2.24) is 0 Å². The second kappa shape index (κ2) is 14.5. The summed E-state index contributed by atoms with van der Waals surface area (Å²) in [5.41, 5.74) is 0. The van der Waals surface area contributed by atoms with Crippen LogP contribution in [0.1, 0.15) is 79.1 Å². The van der Waals surface area contributed by atoms with Gasteiger partial charge in [-0.05, 0) is 24.7 Å². The molecule has 0 heterocycles. The van der Waals surface area contributed by atoms with E-state index in [1.54, 1.807) is 0 Å². The van der Waals surface area contributed by atoms with Gasteiger partial charge in [0.15, 0.2) is 0 Å². The standard InChI is InChI=1S/C16H34O3S.Na/c1-5-9-11-15(7-3)13-19-20(17,18)14-16(8-4)12-10-6-2;/h15-16H,5-14H2,1-4H3;/q;+1. The van der Waals surface area contributed by atoms with Crippen molar-refractivity contribution in [3.63, 3.8) is 0 Å². The van der Waals surface area contributed by atoms with Crippen molar-refractivity contribution in [3.8, 4) is 0 Å². The molecule has 0 rings (SSSR count). The quantitative estimate of drug-likeness (QED) is 0.382. The molecule has 21 heavy (non-hydrogen) atoms. The Bertz CT molecular complexity index is 317. The third-order valence-electron chi connectivity index (χ3n) is 4.01.